The highest BCUT2D eigenvalue weighted by molar-refractivity contribution is 5.73. The molecule has 1 heterocycles. The first-order valence-electron chi connectivity index (χ1n) is 4.40. The first-order valence-corrected chi connectivity index (χ1v) is 4.40. The molecule has 0 aromatic rings. The van der Waals surface area contributed by atoms with Crippen molar-refractivity contribution < 1.29 is 4.79 Å². The summed E-state index contributed by atoms with van der Waals surface area (Å²) in [5, 5.41) is 2.95. The fourth-order valence-corrected chi connectivity index (χ4v) is 1.79. The molecule has 1 aliphatic heterocycles. The fraction of sp³-hybridized carbons (Fsp3) is 0.889. The molecule has 1 fully saturated rings. The third-order valence-corrected chi connectivity index (χ3v) is 2.68. The average Bonchev–Trinajstić information content (AvgIpc) is 2.04. The summed E-state index contributed by atoms with van der Waals surface area (Å²) in [6.45, 7) is 6.95. The second-order valence-electron chi connectivity index (χ2n) is 4.29. The molecule has 1 aliphatic rings. The third kappa shape index (κ3) is 1.97. The molecule has 3 nitrogen and oxygen atoms in total. The zero-order valence-corrected chi connectivity index (χ0v) is 8.35. The molecule has 0 bridgehead atoms. The Balaban J connectivity index is 2.49. The fourth-order valence-electron chi connectivity index (χ4n) is 1.79. The van der Waals surface area contributed by atoms with Gasteiger partial charge in [0.05, 0.1) is 0 Å². The van der Waals surface area contributed by atoms with Crippen LogP contribution in [-0.2, 0) is 4.79 Å². The highest BCUT2D eigenvalue weighted by Crippen LogP contribution is 2.26. The van der Waals surface area contributed by atoms with E-state index in [4.69, 9.17) is 0 Å². The molecule has 0 radical (unpaired) electrons. The first-order chi connectivity index (χ1) is 5.42. The highest BCUT2D eigenvalue weighted by atomic mass is 16.1. The topological polar surface area (TPSA) is 32.3 Å². The van der Waals surface area contributed by atoms with E-state index in [1.54, 1.807) is 6.92 Å². The van der Waals surface area contributed by atoms with E-state index >= 15 is 0 Å². The largest absolute Gasteiger partial charge is 0.352 e. The SMILES string of the molecule is CC(=O)NC1CN(C)C(C)(C)C1. The lowest BCUT2D eigenvalue weighted by Gasteiger charge is -2.26. The van der Waals surface area contributed by atoms with Crippen LogP contribution in [-0.4, -0.2) is 36.0 Å². The Morgan fingerprint density at radius 3 is 2.50 bits per heavy atom. The van der Waals surface area contributed by atoms with Gasteiger partial charge in [-0.1, -0.05) is 0 Å². The molecule has 1 rings (SSSR count). The molecule has 70 valence electrons. The number of rotatable bonds is 1. The minimum atomic E-state index is 0.0751. The van der Waals surface area contributed by atoms with Crippen LogP contribution in [0, 0.1) is 0 Å². The van der Waals surface area contributed by atoms with Crippen molar-refractivity contribution in [2.75, 3.05) is 13.6 Å². The van der Waals surface area contributed by atoms with E-state index in [0.29, 0.717) is 6.04 Å². The Morgan fingerprint density at radius 1 is 1.58 bits per heavy atom. The molecular weight excluding hydrogens is 152 g/mol. The lowest BCUT2D eigenvalue weighted by Crippen LogP contribution is -2.35. The van der Waals surface area contributed by atoms with Crippen molar-refractivity contribution >= 4 is 5.91 Å². The second kappa shape index (κ2) is 3.05. The van der Waals surface area contributed by atoms with Crippen molar-refractivity contribution in [3.63, 3.8) is 0 Å². The van der Waals surface area contributed by atoms with E-state index < -0.39 is 0 Å². The molecule has 0 spiro atoms. The molecule has 3 heteroatoms. The smallest absolute Gasteiger partial charge is 0.217 e. The summed E-state index contributed by atoms with van der Waals surface area (Å²) < 4.78 is 0. The molecule has 1 N–H and O–H groups in total. The zero-order valence-electron chi connectivity index (χ0n) is 8.35. The van der Waals surface area contributed by atoms with Crippen molar-refractivity contribution in [3.8, 4) is 0 Å². The van der Waals surface area contributed by atoms with Gasteiger partial charge >= 0.3 is 0 Å². The van der Waals surface area contributed by atoms with Gasteiger partial charge in [0, 0.05) is 25.0 Å². The molecule has 0 aromatic carbocycles. The number of carbonyl (C=O) groups is 1. The summed E-state index contributed by atoms with van der Waals surface area (Å²) in [4.78, 5) is 13.1. The Kier molecular flexibility index (Phi) is 2.42. The van der Waals surface area contributed by atoms with E-state index in [9.17, 15) is 4.79 Å². The Hall–Kier alpha value is -0.570. The van der Waals surface area contributed by atoms with Crippen LogP contribution >= 0.6 is 0 Å². The molecule has 0 aliphatic carbocycles. The van der Waals surface area contributed by atoms with Crippen LogP contribution in [0.1, 0.15) is 27.2 Å². The summed E-state index contributed by atoms with van der Waals surface area (Å²) in [5.74, 6) is 0.0751. The predicted octanol–water partition coefficient (Wildman–Crippen LogP) is 0.605. The molecule has 1 amide bonds. The molecule has 1 saturated heterocycles. The summed E-state index contributed by atoms with van der Waals surface area (Å²) >= 11 is 0. The van der Waals surface area contributed by atoms with Gasteiger partial charge in [0.2, 0.25) is 5.91 Å². The van der Waals surface area contributed by atoms with Gasteiger partial charge < -0.3 is 5.32 Å². The van der Waals surface area contributed by atoms with E-state index in [1.165, 1.54) is 0 Å². The minimum Gasteiger partial charge on any atom is -0.352 e. The van der Waals surface area contributed by atoms with Crippen molar-refractivity contribution in [1.82, 2.24) is 10.2 Å². The van der Waals surface area contributed by atoms with Gasteiger partial charge in [-0.25, -0.2) is 0 Å². The molecule has 0 aromatic heterocycles. The lowest BCUT2D eigenvalue weighted by atomic mass is 10.0. The summed E-state index contributed by atoms with van der Waals surface area (Å²) in [6.07, 6.45) is 1.04. The van der Waals surface area contributed by atoms with E-state index in [-0.39, 0.29) is 11.4 Å². The van der Waals surface area contributed by atoms with Crippen molar-refractivity contribution in [3.05, 3.63) is 0 Å². The monoisotopic (exact) mass is 170 g/mol. The average molecular weight is 170 g/mol. The molecule has 0 saturated carbocycles. The van der Waals surface area contributed by atoms with Gasteiger partial charge in [0.25, 0.3) is 0 Å². The van der Waals surface area contributed by atoms with Gasteiger partial charge in [-0.3, -0.25) is 9.69 Å². The van der Waals surface area contributed by atoms with Gasteiger partial charge in [0.1, 0.15) is 0 Å². The number of hydrogen-bond donors (Lipinski definition) is 1. The highest BCUT2D eigenvalue weighted by Gasteiger charge is 2.35. The second-order valence-corrected chi connectivity index (χ2v) is 4.29. The van der Waals surface area contributed by atoms with E-state index in [0.717, 1.165) is 13.0 Å². The first kappa shape index (κ1) is 9.52. The predicted molar refractivity (Wildman–Crippen MR) is 48.9 cm³/mol. The molecule has 1 unspecified atom stereocenters. The molecule has 12 heavy (non-hydrogen) atoms. The number of hydrogen-bond acceptors (Lipinski definition) is 2. The van der Waals surface area contributed by atoms with Crippen LogP contribution in [0.15, 0.2) is 0 Å². The maximum atomic E-state index is 10.8. The zero-order chi connectivity index (χ0) is 9.35. The van der Waals surface area contributed by atoms with E-state index in [1.807, 2.05) is 0 Å². The van der Waals surface area contributed by atoms with Crippen LogP contribution in [0.4, 0.5) is 0 Å². The normalized spacial score (nSPS) is 28.8. The number of likely N-dealkylation sites (tertiary alicyclic amines) is 1. The Bertz CT molecular complexity index is 189. The number of carbonyl (C=O) groups excluding carboxylic acids is 1. The number of nitrogens with one attached hydrogen (secondary N) is 1. The van der Waals surface area contributed by atoms with Gasteiger partial charge in [0.15, 0.2) is 0 Å². The quantitative estimate of drug-likeness (QED) is 0.625. The van der Waals surface area contributed by atoms with Crippen LogP contribution in [0.25, 0.3) is 0 Å². The molecular formula is C9H18N2O. The Morgan fingerprint density at radius 2 is 2.17 bits per heavy atom. The van der Waals surface area contributed by atoms with Gasteiger partial charge in [-0.05, 0) is 27.3 Å². The molecule has 1 atom stereocenters. The van der Waals surface area contributed by atoms with Crippen LogP contribution in [0.3, 0.4) is 0 Å². The standard InChI is InChI=1S/C9H18N2O/c1-7(12)10-8-5-9(2,3)11(4)6-8/h8H,5-6H2,1-4H3,(H,10,12). The number of amides is 1. The minimum absolute atomic E-state index is 0.0751. The number of nitrogens with zero attached hydrogens (tertiary/aromatic N) is 1. The summed E-state index contributed by atoms with van der Waals surface area (Å²) in [5.41, 5.74) is 0.229. The lowest BCUT2D eigenvalue weighted by molar-refractivity contribution is -0.119. The summed E-state index contributed by atoms with van der Waals surface area (Å²) in [7, 11) is 2.10. The van der Waals surface area contributed by atoms with Crippen molar-refractivity contribution in [2.45, 2.75) is 38.8 Å². The van der Waals surface area contributed by atoms with Crippen LogP contribution < -0.4 is 5.32 Å². The third-order valence-electron chi connectivity index (χ3n) is 2.68. The maximum absolute atomic E-state index is 10.8. The summed E-state index contributed by atoms with van der Waals surface area (Å²) in [6, 6.07) is 0.336. The van der Waals surface area contributed by atoms with Gasteiger partial charge in [-0.15, -0.1) is 0 Å². The van der Waals surface area contributed by atoms with Crippen molar-refractivity contribution in [1.29, 1.82) is 0 Å². The number of likely N-dealkylation sites (N-methyl/N-ethyl adjacent to an activating group) is 1. The van der Waals surface area contributed by atoms with Crippen LogP contribution in [0.5, 0.6) is 0 Å². The van der Waals surface area contributed by atoms with E-state index in [2.05, 4.69) is 31.1 Å². The van der Waals surface area contributed by atoms with Gasteiger partial charge in [-0.2, -0.15) is 0 Å². The van der Waals surface area contributed by atoms with Crippen LogP contribution in [0.2, 0.25) is 0 Å². The maximum Gasteiger partial charge on any atom is 0.217 e. The van der Waals surface area contributed by atoms with Crippen molar-refractivity contribution in [2.24, 2.45) is 0 Å². The Labute approximate surface area is 74.1 Å².